The molecule has 6 amide bonds. The highest BCUT2D eigenvalue weighted by atomic mass is 16.4. The van der Waals surface area contributed by atoms with Crippen molar-refractivity contribution in [3.05, 3.63) is 35.9 Å². The Kier molecular flexibility index (Phi) is 14.5. The second-order valence-corrected chi connectivity index (χ2v) is 10.6. The van der Waals surface area contributed by atoms with Crippen molar-refractivity contribution in [2.45, 2.75) is 68.7 Å². The molecule has 1 aliphatic heterocycles. The summed E-state index contributed by atoms with van der Waals surface area (Å²) in [5.41, 5.74) is 11.7. The minimum absolute atomic E-state index is 0.0253. The summed E-state index contributed by atoms with van der Waals surface area (Å²) in [5.74, 6) is -7.94. The number of aliphatic hydroxyl groups excluding tert-OH is 1. The number of carbonyl (C=O) groups is 8. The molecule has 1 aromatic carbocycles. The van der Waals surface area contributed by atoms with Gasteiger partial charge in [0, 0.05) is 19.4 Å². The first kappa shape index (κ1) is 37.1. The van der Waals surface area contributed by atoms with Crippen LogP contribution in [-0.4, -0.2) is 118 Å². The molecule has 0 unspecified atom stereocenters. The number of hydrogen-bond acceptors (Lipinski definition) is 10. The summed E-state index contributed by atoms with van der Waals surface area (Å²) in [6.45, 7) is -1.52. The Labute approximate surface area is 263 Å². The summed E-state index contributed by atoms with van der Waals surface area (Å²) in [6.07, 6.45) is -0.668. The molecule has 2 rings (SSSR count). The summed E-state index contributed by atoms with van der Waals surface area (Å²) in [6, 6.07) is 1.66. The molecule has 46 heavy (non-hydrogen) atoms. The molecule has 1 aromatic rings. The van der Waals surface area contributed by atoms with Crippen LogP contribution in [0.3, 0.4) is 0 Å². The van der Waals surface area contributed by atoms with E-state index in [0.717, 1.165) is 4.90 Å². The molecule has 0 radical (unpaired) electrons. The molecule has 1 aliphatic rings. The van der Waals surface area contributed by atoms with Crippen LogP contribution >= 0.6 is 0 Å². The normalized spacial score (nSPS) is 16.7. The number of nitrogens with one attached hydrogen (secondary N) is 4. The van der Waals surface area contributed by atoms with Gasteiger partial charge in [0.15, 0.2) is 0 Å². The molecule has 0 aliphatic carbocycles. The number of nitrogens with two attached hydrogens (primary N) is 2. The molecule has 0 aromatic heterocycles. The van der Waals surface area contributed by atoms with E-state index in [4.69, 9.17) is 16.6 Å². The average Bonchev–Trinajstić information content (AvgIpc) is 3.50. The maximum absolute atomic E-state index is 13.1. The first-order valence-electron chi connectivity index (χ1n) is 14.3. The first-order chi connectivity index (χ1) is 21.7. The maximum atomic E-state index is 13.1. The van der Waals surface area contributed by atoms with E-state index in [-0.39, 0.29) is 32.2 Å². The van der Waals surface area contributed by atoms with Crippen molar-refractivity contribution in [2.75, 3.05) is 19.7 Å². The Balaban J connectivity index is 1.99. The fourth-order valence-corrected chi connectivity index (χ4v) is 4.65. The summed E-state index contributed by atoms with van der Waals surface area (Å²) in [7, 11) is 0. The van der Waals surface area contributed by atoms with Crippen molar-refractivity contribution in [3.63, 3.8) is 0 Å². The number of rotatable bonds is 18. The number of benzene rings is 1. The van der Waals surface area contributed by atoms with Gasteiger partial charge in [-0.2, -0.15) is 0 Å². The molecular weight excluding hydrogens is 610 g/mol. The van der Waals surface area contributed by atoms with Crippen molar-refractivity contribution in [3.8, 4) is 0 Å². The van der Waals surface area contributed by atoms with Crippen LogP contribution < -0.4 is 32.7 Å². The van der Waals surface area contributed by atoms with Crippen LogP contribution in [0.4, 0.5) is 0 Å². The first-order valence-corrected chi connectivity index (χ1v) is 14.3. The van der Waals surface area contributed by atoms with Crippen molar-refractivity contribution in [2.24, 2.45) is 11.5 Å². The lowest BCUT2D eigenvalue weighted by atomic mass is 10.1. The number of carboxylic acids is 2. The Morgan fingerprint density at radius 2 is 1.59 bits per heavy atom. The molecule has 0 spiro atoms. The summed E-state index contributed by atoms with van der Waals surface area (Å²) in [4.78, 5) is 99.0. The minimum Gasteiger partial charge on any atom is -0.481 e. The van der Waals surface area contributed by atoms with Crippen LogP contribution in [0, 0.1) is 0 Å². The predicted octanol–water partition coefficient (Wildman–Crippen LogP) is -4.06. The van der Waals surface area contributed by atoms with Crippen LogP contribution in [0.1, 0.15) is 37.7 Å². The van der Waals surface area contributed by atoms with E-state index in [2.05, 4.69) is 21.3 Å². The van der Waals surface area contributed by atoms with Crippen molar-refractivity contribution < 1.29 is 53.7 Å². The Hall–Kier alpha value is -5.10. The molecule has 1 saturated heterocycles. The van der Waals surface area contributed by atoms with Gasteiger partial charge in [0.1, 0.15) is 24.2 Å². The quantitative estimate of drug-likeness (QED) is 0.0734. The van der Waals surface area contributed by atoms with E-state index >= 15 is 0 Å². The molecule has 11 N–H and O–H groups in total. The highest BCUT2D eigenvalue weighted by Gasteiger charge is 2.38. The lowest BCUT2D eigenvalue weighted by Gasteiger charge is -2.28. The molecule has 5 atom stereocenters. The van der Waals surface area contributed by atoms with Gasteiger partial charge in [0.2, 0.25) is 35.4 Å². The average molecular weight is 650 g/mol. The fraction of sp³-hybridized carbons (Fsp3) is 0.500. The highest BCUT2D eigenvalue weighted by molar-refractivity contribution is 5.97. The van der Waals surface area contributed by atoms with Gasteiger partial charge in [-0.1, -0.05) is 30.3 Å². The number of primary amides is 1. The van der Waals surface area contributed by atoms with Gasteiger partial charge >= 0.3 is 11.9 Å². The van der Waals surface area contributed by atoms with E-state index in [1.807, 2.05) is 0 Å². The number of amides is 6. The summed E-state index contributed by atoms with van der Waals surface area (Å²) >= 11 is 0. The smallest absolute Gasteiger partial charge is 0.326 e. The molecule has 18 nitrogen and oxygen atoms in total. The summed E-state index contributed by atoms with van der Waals surface area (Å²) in [5, 5.41) is 36.9. The fourth-order valence-electron chi connectivity index (χ4n) is 4.65. The topological polar surface area (TPSA) is 301 Å². The molecule has 1 heterocycles. The van der Waals surface area contributed by atoms with Crippen LogP contribution in [0.15, 0.2) is 30.3 Å². The van der Waals surface area contributed by atoms with E-state index in [1.165, 1.54) is 0 Å². The molecule has 18 heteroatoms. The van der Waals surface area contributed by atoms with Gasteiger partial charge in [0.05, 0.1) is 25.6 Å². The Morgan fingerprint density at radius 1 is 0.913 bits per heavy atom. The number of carboxylic acid groups (broad SMARTS) is 2. The number of aliphatic carboxylic acids is 2. The Morgan fingerprint density at radius 3 is 2.17 bits per heavy atom. The monoisotopic (exact) mass is 649 g/mol. The standard InChI is InChI=1S/C28H39N7O11/c29-16(8-9-23(39)40)27(44)35-10-4-7-20(35)26(43)33-17(12-21(30)37)25(42)34-19(14-36)24(41)31-13-22(38)32-18(28(45)46)11-15-5-2-1-3-6-15/h1-3,5-6,16-20,36H,4,7-14,29H2,(H2,30,37)(H,31,41)(H,32,38)(H,33,43)(H,34,42)(H,39,40)(H,45,46)/t16-,17-,18-,19-,20-/m0/s1. The van der Waals surface area contributed by atoms with Crippen molar-refractivity contribution in [1.82, 2.24) is 26.2 Å². The number of aliphatic hydroxyl groups is 1. The molecule has 0 bridgehead atoms. The van der Waals surface area contributed by atoms with Crippen molar-refractivity contribution in [1.29, 1.82) is 0 Å². The highest BCUT2D eigenvalue weighted by Crippen LogP contribution is 2.19. The van der Waals surface area contributed by atoms with E-state index in [9.17, 15) is 48.6 Å². The molecule has 0 saturated carbocycles. The lowest BCUT2D eigenvalue weighted by Crippen LogP contribution is -2.59. The lowest BCUT2D eigenvalue weighted by molar-refractivity contribution is -0.142. The van der Waals surface area contributed by atoms with Crippen LogP contribution in [0.25, 0.3) is 0 Å². The van der Waals surface area contributed by atoms with Crippen LogP contribution in [-0.2, 0) is 44.8 Å². The number of hydrogen-bond donors (Lipinski definition) is 9. The third kappa shape index (κ3) is 11.8. The number of nitrogens with zero attached hydrogens (tertiary/aromatic N) is 1. The predicted molar refractivity (Wildman–Crippen MR) is 157 cm³/mol. The molecule has 252 valence electrons. The maximum Gasteiger partial charge on any atom is 0.326 e. The van der Waals surface area contributed by atoms with E-state index in [0.29, 0.717) is 12.0 Å². The van der Waals surface area contributed by atoms with Gasteiger partial charge in [-0.15, -0.1) is 0 Å². The van der Waals surface area contributed by atoms with Gasteiger partial charge in [-0.3, -0.25) is 33.6 Å². The molecular formula is C28H39N7O11. The largest absolute Gasteiger partial charge is 0.481 e. The van der Waals surface area contributed by atoms with Gasteiger partial charge < -0.3 is 53.0 Å². The summed E-state index contributed by atoms with van der Waals surface area (Å²) < 4.78 is 0. The second kappa shape index (κ2) is 18.0. The zero-order valence-electron chi connectivity index (χ0n) is 24.8. The second-order valence-electron chi connectivity index (χ2n) is 10.6. The number of carbonyl (C=O) groups excluding carboxylic acids is 6. The SMILES string of the molecule is NC(=O)C[C@H](NC(=O)[C@@H]1CCCN1C(=O)[C@@H](N)CCC(=O)O)C(=O)N[C@@H](CO)C(=O)NCC(=O)N[C@@H](Cc1ccccc1)C(=O)O. The Bertz CT molecular complexity index is 1290. The van der Waals surface area contributed by atoms with E-state index in [1.54, 1.807) is 30.3 Å². The van der Waals surface area contributed by atoms with Crippen molar-refractivity contribution >= 4 is 47.4 Å². The van der Waals surface area contributed by atoms with E-state index < -0.39 is 97.2 Å². The van der Waals surface area contributed by atoms with Gasteiger partial charge in [-0.25, -0.2) is 4.79 Å². The zero-order chi connectivity index (χ0) is 34.4. The third-order valence-corrected chi connectivity index (χ3v) is 7.02. The van der Waals surface area contributed by atoms with Crippen LogP contribution in [0.5, 0.6) is 0 Å². The minimum atomic E-state index is -1.65. The van der Waals surface area contributed by atoms with Crippen LogP contribution in [0.2, 0.25) is 0 Å². The zero-order valence-corrected chi connectivity index (χ0v) is 24.8. The number of likely N-dealkylation sites (tertiary alicyclic amines) is 1. The molecule has 1 fully saturated rings. The third-order valence-electron chi connectivity index (χ3n) is 7.02. The van der Waals surface area contributed by atoms with Gasteiger partial charge in [0.25, 0.3) is 0 Å². The van der Waals surface area contributed by atoms with Gasteiger partial charge in [-0.05, 0) is 24.8 Å².